The quantitative estimate of drug-likeness (QED) is 0.706. The Balaban J connectivity index is 1.91. The minimum absolute atomic E-state index is 0.710. The van der Waals surface area contributed by atoms with Gasteiger partial charge in [0.05, 0.1) is 6.54 Å². The third-order valence-electron chi connectivity index (χ3n) is 1.59. The first-order valence-corrected chi connectivity index (χ1v) is 3.80. The van der Waals surface area contributed by atoms with Gasteiger partial charge in [-0.15, -0.1) is 0 Å². The van der Waals surface area contributed by atoms with E-state index in [1.165, 1.54) is 0 Å². The van der Waals surface area contributed by atoms with E-state index in [1.54, 1.807) is 6.20 Å². The second kappa shape index (κ2) is 3.13. The molecule has 12 heavy (non-hydrogen) atoms. The molecule has 0 unspecified atom stereocenters. The van der Waals surface area contributed by atoms with Gasteiger partial charge < -0.3 is 10.4 Å². The normalized spacial score (nSPS) is 10.0. The second-order valence-corrected chi connectivity index (χ2v) is 2.46. The predicted molar refractivity (Wildman–Crippen MR) is 46.1 cm³/mol. The molecule has 62 valence electrons. The monoisotopic (exact) mass is 162 g/mol. The summed E-state index contributed by atoms with van der Waals surface area (Å²) in [6, 6.07) is 3.93. The molecule has 4 nitrogen and oxygen atoms in total. The van der Waals surface area contributed by atoms with Gasteiger partial charge >= 0.3 is 0 Å². The molecule has 2 heterocycles. The summed E-state index contributed by atoms with van der Waals surface area (Å²) >= 11 is 0. The Bertz CT molecular complexity index is 274. The van der Waals surface area contributed by atoms with Crippen molar-refractivity contribution in [3.05, 3.63) is 42.7 Å². The van der Waals surface area contributed by atoms with Crippen molar-refractivity contribution in [3.8, 4) is 0 Å². The minimum Gasteiger partial charge on any atom is -0.347 e. The molecular formula is C8H10N4. The zero-order valence-corrected chi connectivity index (χ0v) is 6.57. The van der Waals surface area contributed by atoms with Crippen LogP contribution in [0.15, 0.2) is 36.9 Å². The molecule has 0 bridgehead atoms. The fourth-order valence-corrected chi connectivity index (χ4v) is 1.00. The lowest BCUT2D eigenvalue weighted by Crippen LogP contribution is -2.12. The van der Waals surface area contributed by atoms with E-state index in [4.69, 9.17) is 0 Å². The lowest BCUT2D eigenvalue weighted by Gasteiger charge is -2.03. The molecule has 0 atom stereocenters. The number of imidazole rings is 1. The maximum absolute atomic E-state index is 4.08. The van der Waals surface area contributed by atoms with Crippen LogP contribution in [0.4, 0.5) is 0 Å². The summed E-state index contributed by atoms with van der Waals surface area (Å²) in [4.78, 5) is 7.10. The summed E-state index contributed by atoms with van der Waals surface area (Å²) < 4.78 is 1.89. The SMILES string of the molecule is c1ccn(NCc2ncc[nH]2)c1. The van der Waals surface area contributed by atoms with Gasteiger partial charge in [0.15, 0.2) is 0 Å². The van der Waals surface area contributed by atoms with Gasteiger partial charge in [0.2, 0.25) is 0 Å². The van der Waals surface area contributed by atoms with Crippen molar-refractivity contribution in [1.29, 1.82) is 0 Å². The van der Waals surface area contributed by atoms with Crippen molar-refractivity contribution < 1.29 is 0 Å². The highest BCUT2D eigenvalue weighted by Gasteiger charge is 1.91. The number of aromatic amines is 1. The van der Waals surface area contributed by atoms with Gasteiger partial charge in [0, 0.05) is 24.8 Å². The van der Waals surface area contributed by atoms with Gasteiger partial charge in [0.1, 0.15) is 5.82 Å². The molecule has 0 radical (unpaired) electrons. The Hall–Kier alpha value is -1.71. The number of nitrogens with zero attached hydrogens (tertiary/aromatic N) is 2. The maximum atomic E-state index is 4.08. The number of hydrogen-bond acceptors (Lipinski definition) is 2. The molecule has 0 aliphatic carbocycles. The third-order valence-corrected chi connectivity index (χ3v) is 1.59. The highest BCUT2D eigenvalue weighted by atomic mass is 15.4. The Morgan fingerprint density at radius 2 is 2.25 bits per heavy atom. The first-order chi connectivity index (χ1) is 5.95. The van der Waals surface area contributed by atoms with E-state index in [0.717, 1.165) is 5.82 Å². The minimum atomic E-state index is 0.710. The van der Waals surface area contributed by atoms with E-state index >= 15 is 0 Å². The zero-order valence-electron chi connectivity index (χ0n) is 6.57. The Labute approximate surface area is 70.2 Å². The molecule has 0 fully saturated rings. The molecular weight excluding hydrogens is 152 g/mol. The van der Waals surface area contributed by atoms with Crippen molar-refractivity contribution in [3.63, 3.8) is 0 Å². The number of nitrogens with one attached hydrogen (secondary N) is 2. The predicted octanol–water partition coefficient (Wildman–Crippen LogP) is 0.955. The van der Waals surface area contributed by atoms with Gasteiger partial charge in [-0.1, -0.05) is 0 Å². The molecule has 2 N–H and O–H groups in total. The molecule has 0 aliphatic rings. The van der Waals surface area contributed by atoms with Crippen LogP contribution in [-0.4, -0.2) is 14.6 Å². The highest BCUT2D eigenvalue weighted by Crippen LogP contribution is 1.90. The molecule has 0 spiro atoms. The van der Waals surface area contributed by atoms with Crippen LogP contribution in [0.2, 0.25) is 0 Å². The summed E-state index contributed by atoms with van der Waals surface area (Å²) in [6.45, 7) is 0.710. The van der Waals surface area contributed by atoms with Crippen LogP contribution >= 0.6 is 0 Å². The van der Waals surface area contributed by atoms with Gasteiger partial charge in [0.25, 0.3) is 0 Å². The summed E-state index contributed by atoms with van der Waals surface area (Å²) in [5, 5.41) is 0. The number of rotatable bonds is 3. The number of hydrogen-bond donors (Lipinski definition) is 2. The molecule has 0 aromatic carbocycles. The van der Waals surface area contributed by atoms with Gasteiger partial charge in [-0.25, -0.2) is 4.98 Å². The van der Waals surface area contributed by atoms with Crippen LogP contribution in [0, 0.1) is 0 Å². The summed E-state index contributed by atoms with van der Waals surface area (Å²) in [5.74, 6) is 0.934. The molecule has 0 amide bonds. The maximum Gasteiger partial charge on any atom is 0.127 e. The highest BCUT2D eigenvalue weighted by molar-refractivity contribution is 4.96. The van der Waals surface area contributed by atoms with Crippen LogP contribution in [0.1, 0.15) is 5.82 Å². The van der Waals surface area contributed by atoms with Crippen molar-refractivity contribution >= 4 is 0 Å². The molecule has 0 saturated heterocycles. The van der Waals surface area contributed by atoms with E-state index in [0.29, 0.717) is 6.54 Å². The van der Waals surface area contributed by atoms with E-state index < -0.39 is 0 Å². The van der Waals surface area contributed by atoms with Gasteiger partial charge in [-0.3, -0.25) is 4.68 Å². The Morgan fingerprint density at radius 3 is 2.92 bits per heavy atom. The lowest BCUT2D eigenvalue weighted by molar-refractivity contribution is 0.815. The van der Waals surface area contributed by atoms with E-state index in [-0.39, 0.29) is 0 Å². The molecule has 4 heteroatoms. The second-order valence-electron chi connectivity index (χ2n) is 2.46. The molecule has 2 rings (SSSR count). The van der Waals surface area contributed by atoms with Crippen LogP contribution in [-0.2, 0) is 6.54 Å². The Morgan fingerprint density at radius 1 is 1.42 bits per heavy atom. The van der Waals surface area contributed by atoms with Crippen molar-refractivity contribution in [2.75, 3.05) is 5.43 Å². The average Bonchev–Trinajstić information content (AvgIpc) is 2.74. The smallest absolute Gasteiger partial charge is 0.127 e. The third kappa shape index (κ3) is 1.47. The van der Waals surface area contributed by atoms with Crippen molar-refractivity contribution in [2.45, 2.75) is 6.54 Å². The molecule has 2 aromatic heterocycles. The van der Waals surface area contributed by atoms with Crippen LogP contribution < -0.4 is 5.43 Å². The lowest BCUT2D eigenvalue weighted by atomic mass is 10.6. The fourth-order valence-electron chi connectivity index (χ4n) is 1.00. The zero-order chi connectivity index (χ0) is 8.23. The average molecular weight is 162 g/mol. The van der Waals surface area contributed by atoms with Crippen LogP contribution in [0.25, 0.3) is 0 Å². The van der Waals surface area contributed by atoms with Gasteiger partial charge in [-0.05, 0) is 12.1 Å². The molecule has 0 aliphatic heterocycles. The fraction of sp³-hybridized carbons (Fsp3) is 0.125. The largest absolute Gasteiger partial charge is 0.347 e. The van der Waals surface area contributed by atoms with Crippen molar-refractivity contribution in [1.82, 2.24) is 14.6 Å². The summed E-state index contributed by atoms with van der Waals surface area (Å²) in [5.41, 5.74) is 3.15. The molecule has 2 aromatic rings. The van der Waals surface area contributed by atoms with E-state index in [2.05, 4.69) is 15.4 Å². The number of aromatic nitrogens is 3. The Kier molecular flexibility index (Phi) is 1.82. The first kappa shape index (κ1) is 6.97. The van der Waals surface area contributed by atoms with Crippen LogP contribution in [0.3, 0.4) is 0 Å². The number of H-pyrrole nitrogens is 1. The topological polar surface area (TPSA) is 45.6 Å². The standard InChI is InChI=1S/C8H10N4/c1-2-6-12(5-1)11-7-8-9-3-4-10-8/h1-6,11H,7H2,(H,9,10). The summed E-state index contributed by atoms with van der Waals surface area (Å²) in [6.07, 6.45) is 7.45. The van der Waals surface area contributed by atoms with Crippen molar-refractivity contribution in [2.24, 2.45) is 0 Å². The molecule has 0 saturated carbocycles. The summed E-state index contributed by atoms with van der Waals surface area (Å²) in [7, 11) is 0. The van der Waals surface area contributed by atoms with E-state index in [1.807, 2.05) is 35.4 Å². The van der Waals surface area contributed by atoms with E-state index in [9.17, 15) is 0 Å². The van der Waals surface area contributed by atoms with Gasteiger partial charge in [-0.2, -0.15) is 0 Å². The first-order valence-electron chi connectivity index (χ1n) is 3.80. The van der Waals surface area contributed by atoms with Crippen LogP contribution in [0.5, 0.6) is 0 Å².